The van der Waals surface area contributed by atoms with Crippen molar-refractivity contribution in [1.29, 1.82) is 0 Å². The number of aromatic nitrogens is 5. The van der Waals surface area contributed by atoms with E-state index in [1.54, 1.807) is 17.5 Å². The number of rotatable bonds is 3. The molecule has 164 valence electrons. The lowest BCUT2D eigenvalue weighted by Gasteiger charge is -2.39. The van der Waals surface area contributed by atoms with E-state index in [0.717, 1.165) is 5.56 Å². The van der Waals surface area contributed by atoms with Gasteiger partial charge < -0.3 is 10.8 Å². The molecule has 6 rings (SSSR count). The number of halogens is 1. The number of nitrogen functional groups attached to an aromatic ring is 1. The van der Waals surface area contributed by atoms with Gasteiger partial charge in [0.1, 0.15) is 28.9 Å². The molecule has 0 bridgehead atoms. The molecule has 0 atom stereocenters. The molecule has 1 aliphatic carbocycles. The number of benzene rings is 2. The second-order valence-electron chi connectivity index (χ2n) is 8.89. The number of anilines is 1. The Balaban J connectivity index is 1.55. The highest BCUT2D eigenvalue weighted by molar-refractivity contribution is 5.91. The van der Waals surface area contributed by atoms with Crippen molar-refractivity contribution >= 4 is 22.2 Å². The van der Waals surface area contributed by atoms with Crippen LogP contribution in [0.4, 0.5) is 10.2 Å². The Kier molecular flexibility index (Phi) is 4.22. The summed E-state index contributed by atoms with van der Waals surface area (Å²) in [5, 5.41) is 15.2. The number of aliphatic hydroxyl groups is 1. The van der Waals surface area contributed by atoms with E-state index in [0.29, 0.717) is 41.0 Å². The summed E-state index contributed by atoms with van der Waals surface area (Å²) >= 11 is 0. The van der Waals surface area contributed by atoms with Crippen molar-refractivity contribution in [3.05, 3.63) is 72.6 Å². The van der Waals surface area contributed by atoms with Gasteiger partial charge in [-0.2, -0.15) is 5.10 Å². The second kappa shape index (κ2) is 7.05. The lowest BCUT2D eigenvalue weighted by molar-refractivity contribution is -0.0337. The van der Waals surface area contributed by atoms with Gasteiger partial charge in [-0.15, -0.1) is 0 Å². The first kappa shape index (κ1) is 19.8. The van der Waals surface area contributed by atoms with Crippen molar-refractivity contribution in [3.8, 4) is 22.5 Å². The SMILES string of the molecule is CC1(O)CC(c2nc(-c3ccc4ccc(-c5ccccc5)nc4c3F)c3c(N)ncnn23)C1. The van der Waals surface area contributed by atoms with Crippen molar-refractivity contribution in [3.63, 3.8) is 0 Å². The van der Waals surface area contributed by atoms with Crippen LogP contribution in [-0.4, -0.2) is 35.3 Å². The van der Waals surface area contributed by atoms with Crippen molar-refractivity contribution in [2.24, 2.45) is 0 Å². The highest BCUT2D eigenvalue weighted by Gasteiger charge is 2.42. The summed E-state index contributed by atoms with van der Waals surface area (Å²) in [6.45, 7) is 1.79. The summed E-state index contributed by atoms with van der Waals surface area (Å²) in [5.41, 5.74) is 8.43. The molecule has 0 aliphatic heterocycles. The number of nitrogens with zero attached hydrogens (tertiary/aromatic N) is 5. The highest BCUT2D eigenvalue weighted by Crippen LogP contribution is 2.45. The topological polar surface area (TPSA) is 102 Å². The monoisotopic (exact) mass is 440 g/mol. The molecular weight excluding hydrogens is 419 g/mol. The zero-order valence-corrected chi connectivity index (χ0v) is 17.9. The Bertz CT molecular complexity index is 1520. The zero-order valence-electron chi connectivity index (χ0n) is 17.9. The first-order valence-corrected chi connectivity index (χ1v) is 10.8. The Labute approximate surface area is 188 Å². The van der Waals surface area contributed by atoms with Gasteiger partial charge in [-0.05, 0) is 31.9 Å². The molecule has 3 heterocycles. The molecule has 3 N–H and O–H groups in total. The fourth-order valence-corrected chi connectivity index (χ4v) is 4.72. The van der Waals surface area contributed by atoms with E-state index in [9.17, 15) is 5.11 Å². The van der Waals surface area contributed by atoms with E-state index in [-0.39, 0.29) is 22.8 Å². The number of pyridine rings is 1. The van der Waals surface area contributed by atoms with Crippen LogP contribution in [0.2, 0.25) is 0 Å². The third-order valence-corrected chi connectivity index (χ3v) is 6.35. The van der Waals surface area contributed by atoms with E-state index < -0.39 is 11.4 Å². The Morgan fingerprint density at radius 2 is 1.82 bits per heavy atom. The maximum atomic E-state index is 15.9. The van der Waals surface area contributed by atoms with E-state index in [1.807, 2.05) is 48.5 Å². The molecule has 3 aromatic heterocycles. The van der Waals surface area contributed by atoms with Crippen LogP contribution in [0.5, 0.6) is 0 Å². The van der Waals surface area contributed by atoms with Gasteiger partial charge in [0, 0.05) is 22.4 Å². The van der Waals surface area contributed by atoms with Gasteiger partial charge in [0.2, 0.25) is 0 Å². The molecular formula is C25H21FN6O. The fourth-order valence-electron chi connectivity index (χ4n) is 4.72. The predicted molar refractivity (Wildman–Crippen MR) is 124 cm³/mol. The quantitative estimate of drug-likeness (QED) is 0.432. The lowest BCUT2D eigenvalue weighted by atomic mass is 9.72. The van der Waals surface area contributed by atoms with Gasteiger partial charge in [0.05, 0.1) is 11.3 Å². The van der Waals surface area contributed by atoms with Crippen LogP contribution in [0.1, 0.15) is 31.5 Å². The molecule has 0 unspecified atom stereocenters. The maximum Gasteiger partial charge on any atom is 0.158 e. The lowest BCUT2D eigenvalue weighted by Crippen LogP contribution is -2.40. The van der Waals surface area contributed by atoms with Crippen molar-refractivity contribution in [1.82, 2.24) is 24.6 Å². The summed E-state index contributed by atoms with van der Waals surface area (Å²) in [7, 11) is 0. The van der Waals surface area contributed by atoms with E-state index >= 15 is 4.39 Å². The first-order valence-electron chi connectivity index (χ1n) is 10.8. The molecule has 0 spiro atoms. The van der Waals surface area contributed by atoms with Gasteiger partial charge >= 0.3 is 0 Å². The van der Waals surface area contributed by atoms with Gasteiger partial charge in [-0.1, -0.05) is 42.5 Å². The van der Waals surface area contributed by atoms with Crippen LogP contribution in [-0.2, 0) is 0 Å². The molecule has 1 saturated carbocycles. The van der Waals surface area contributed by atoms with E-state index in [2.05, 4.69) is 15.1 Å². The van der Waals surface area contributed by atoms with Crippen LogP contribution in [0, 0.1) is 5.82 Å². The summed E-state index contributed by atoms with van der Waals surface area (Å²) in [4.78, 5) is 13.5. The number of hydrogen-bond donors (Lipinski definition) is 2. The van der Waals surface area contributed by atoms with Gasteiger partial charge in [0.15, 0.2) is 11.6 Å². The number of nitrogens with two attached hydrogens (primary N) is 1. The van der Waals surface area contributed by atoms with Crippen molar-refractivity contribution in [2.75, 3.05) is 5.73 Å². The largest absolute Gasteiger partial charge is 0.390 e. The van der Waals surface area contributed by atoms with Crippen LogP contribution in [0.25, 0.3) is 38.9 Å². The summed E-state index contributed by atoms with van der Waals surface area (Å²) in [5.74, 6) is 0.393. The molecule has 8 heteroatoms. The van der Waals surface area contributed by atoms with E-state index in [4.69, 9.17) is 10.7 Å². The number of imidazole rings is 1. The maximum absolute atomic E-state index is 15.9. The zero-order chi connectivity index (χ0) is 22.7. The summed E-state index contributed by atoms with van der Waals surface area (Å²) in [6, 6.07) is 16.9. The van der Waals surface area contributed by atoms with Gasteiger partial charge in [0.25, 0.3) is 0 Å². The standard InChI is InChI=1S/C25H21FN6O/c1-25(33)11-16(12-25)24-31-21(22-23(27)28-13-29-32(22)24)17-9-7-15-8-10-18(30-20(15)19(17)26)14-5-3-2-4-6-14/h2-10,13,16,33H,11-12H2,1H3,(H2,27,28,29). The summed E-state index contributed by atoms with van der Waals surface area (Å²) in [6.07, 6.45) is 2.47. The third kappa shape index (κ3) is 3.14. The molecule has 2 aromatic carbocycles. The van der Waals surface area contributed by atoms with E-state index in [1.165, 1.54) is 6.33 Å². The second-order valence-corrected chi connectivity index (χ2v) is 8.89. The molecule has 33 heavy (non-hydrogen) atoms. The Hall–Kier alpha value is -3.91. The molecule has 1 fully saturated rings. The van der Waals surface area contributed by atoms with Crippen LogP contribution in [0.3, 0.4) is 0 Å². The molecule has 0 radical (unpaired) electrons. The van der Waals surface area contributed by atoms with Crippen LogP contribution in [0.15, 0.2) is 60.9 Å². The van der Waals surface area contributed by atoms with Crippen molar-refractivity contribution in [2.45, 2.75) is 31.3 Å². The molecule has 5 aromatic rings. The molecule has 1 aliphatic rings. The summed E-state index contributed by atoms with van der Waals surface area (Å²) < 4.78 is 17.5. The predicted octanol–water partition coefficient (Wildman–Crippen LogP) is 4.36. The average Bonchev–Trinajstić information content (AvgIpc) is 3.18. The Morgan fingerprint density at radius 3 is 2.58 bits per heavy atom. The fraction of sp³-hybridized carbons (Fsp3) is 0.200. The third-order valence-electron chi connectivity index (χ3n) is 6.35. The molecule has 0 saturated heterocycles. The first-order chi connectivity index (χ1) is 15.9. The normalized spacial score (nSPS) is 20.3. The van der Waals surface area contributed by atoms with Crippen molar-refractivity contribution < 1.29 is 9.50 Å². The molecule has 7 nitrogen and oxygen atoms in total. The Morgan fingerprint density at radius 1 is 1.06 bits per heavy atom. The average molecular weight is 440 g/mol. The van der Waals surface area contributed by atoms with Gasteiger partial charge in [-0.25, -0.2) is 23.9 Å². The van der Waals surface area contributed by atoms with Crippen LogP contribution >= 0.6 is 0 Å². The minimum absolute atomic E-state index is 0.00174. The minimum atomic E-state index is -0.735. The molecule has 0 amide bonds. The smallest absolute Gasteiger partial charge is 0.158 e. The van der Waals surface area contributed by atoms with Gasteiger partial charge in [-0.3, -0.25) is 0 Å². The minimum Gasteiger partial charge on any atom is -0.390 e. The highest BCUT2D eigenvalue weighted by atomic mass is 19.1. The number of hydrogen-bond acceptors (Lipinski definition) is 6. The van der Waals surface area contributed by atoms with Crippen LogP contribution < -0.4 is 5.73 Å². The number of fused-ring (bicyclic) bond motifs is 2.